The maximum absolute atomic E-state index is 12.9. The van der Waals surface area contributed by atoms with Gasteiger partial charge < -0.3 is 4.90 Å². The monoisotopic (exact) mass is 446 g/mol. The van der Waals surface area contributed by atoms with Crippen LogP contribution in [0.1, 0.15) is 41.0 Å². The number of benzene rings is 1. The minimum absolute atomic E-state index is 0.0313. The Bertz CT molecular complexity index is 920. The summed E-state index contributed by atoms with van der Waals surface area (Å²) in [6.07, 6.45) is 0.355. The van der Waals surface area contributed by atoms with E-state index in [9.17, 15) is 22.8 Å². The summed E-state index contributed by atoms with van der Waals surface area (Å²) in [5.41, 5.74) is 0.206. The van der Waals surface area contributed by atoms with E-state index in [0.29, 0.717) is 13.0 Å². The lowest BCUT2D eigenvalue weighted by molar-refractivity contribution is -0.134. The van der Waals surface area contributed by atoms with Gasteiger partial charge in [-0.25, -0.2) is 8.42 Å². The third-order valence-corrected chi connectivity index (χ3v) is 7.31. The first-order valence-electron chi connectivity index (χ1n) is 8.85. The highest BCUT2D eigenvalue weighted by Gasteiger charge is 2.40. The van der Waals surface area contributed by atoms with Crippen LogP contribution in [-0.2, 0) is 14.6 Å². The van der Waals surface area contributed by atoms with Crippen molar-refractivity contribution in [2.45, 2.75) is 26.3 Å². The number of amides is 3. The molecule has 2 heterocycles. The van der Waals surface area contributed by atoms with Crippen molar-refractivity contribution < 1.29 is 22.8 Å². The minimum atomic E-state index is -3.18. The lowest BCUT2D eigenvalue weighted by atomic mass is 10.1. The second-order valence-corrected chi connectivity index (χ2v) is 10.5. The molecule has 152 valence electrons. The molecule has 2 aliphatic heterocycles. The van der Waals surface area contributed by atoms with Gasteiger partial charge in [0.2, 0.25) is 5.91 Å². The van der Waals surface area contributed by atoms with Crippen molar-refractivity contribution in [1.29, 1.82) is 0 Å². The zero-order valence-corrected chi connectivity index (χ0v) is 17.8. The van der Waals surface area contributed by atoms with Crippen molar-refractivity contribution in [3.63, 3.8) is 0 Å². The van der Waals surface area contributed by atoms with Crippen molar-refractivity contribution in [2.24, 2.45) is 5.92 Å². The average molecular weight is 447 g/mol. The number of nitrogens with zero attached hydrogens (tertiary/aromatic N) is 2. The maximum Gasteiger partial charge on any atom is 0.262 e. The van der Waals surface area contributed by atoms with Crippen molar-refractivity contribution >= 4 is 50.8 Å². The minimum Gasteiger partial charge on any atom is -0.337 e. The summed E-state index contributed by atoms with van der Waals surface area (Å²) in [6.45, 7) is 3.72. The lowest BCUT2D eigenvalue weighted by Crippen LogP contribution is -2.48. The molecule has 3 rings (SSSR count). The molecule has 0 aliphatic carbocycles. The molecular formula is C18H20Cl2N2O5S. The molecule has 1 fully saturated rings. The zero-order valence-electron chi connectivity index (χ0n) is 15.4. The summed E-state index contributed by atoms with van der Waals surface area (Å²) in [6, 6.07) is 2.19. The van der Waals surface area contributed by atoms with E-state index >= 15 is 0 Å². The van der Waals surface area contributed by atoms with Crippen LogP contribution in [0.3, 0.4) is 0 Å². The van der Waals surface area contributed by atoms with Gasteiger partial charge in [0.15, 0.2) is 9.84 Å². The van der Waals surface area contributed by atoms with Gasteiger partial charge in [-0.2, -0.15) is 0 Å². The van der Waals surface area contributed by atoms with Crippen molar-refractivity contribution in [3.05, 3.63) is 33.3 Å². The summed E-state index contributed by atoms with van der Waals surface area (Å²) < 4.78 is 23.7. The molecule has 0 radical (unpaired) electrons. The molecule has 0 bridgehead atoms. The van der Waals surface area contributed by atoms with Crippen LogP contribution in [0.4, 0.5) is 0 Å². The van der Waals surface area contributed by atoms with Crippen LogP contribution in [0.5, 0.6) is 0 Å². The van der Waals surface area contributed by atoms with E-state index in [4.69, 9.17) is 23.2 Å². The summed E-state index contributed by atoms with van der Waals surface area (Å²) >= 11 is 11.9. The van der Waals surface area contributed by atoms with Crippen molar-refractivity contribution in [2.75, 3.05) is 24.6 Å². The van der Waals surface area contributed by atoms with Crippen LogP contribution in [-0.4, -0.2) is 66.6 Å². The molecule has 3 amide bonds. The SMILES string of the molecule is CC(C)CN(C(=O)CN1C(=O)c2cc(Cl)c(Cl)cc2C1=O)[C@@H]1CCS(=O)(=O)C1. The van der Waals surface area contributed by atoms with Gasteiger partial charge >= 0.3 is 0 Å². The summed E-state index contributed by atoms with van der Waals surface area (Å²) in [5.74, 6) is -1.65. The van der Waals surface area contributed by atoms with Crippen LogP contribution in [0.15, 0.2) is 12.1 Å². The fourth-order valence-corrected chi connectivity index (χ4v) is 5.58. The third-order valence-electron chi connectivity index (χ3n) is 4.84. The standard InChI is InChI=1S/C18H20Cl2N2O5S/c1-10(2)7-21(11-3-4-28(26,27)9-11)16(23)8-22-17(24)12-5-14(19)15(20)6-13(12)18(22)25/h5-6,10-11H,3-4,7-9H2,1-2H3/t11-/m1/s1. The number of sulfone groups is 1. The van der Waals surface area contributed by atoms with Gasteiger partial charge in [-0.3, -0.25) is 19.3 Å². The Morgan fingerprint density at radius 3 is 2.14 bits per heavy atom. The Morgan fingerprint density at radius 1 is 1.18 bits per heavy atom. The van der Waals surface area contributed by atoms with Gasteiger partial charge in [-0.05, 0) is 24.5 Å². The van der Waals surface area contributed by atoms with E-state index in [1.54, 1.807) is 0 Å². The van der Waals surface area contributed by atoms with Crippen molar-refractivity contribution in [1.82, 2.24) is 9.80 Å². The van der Waals surface area contributed by atoms with Gasteiger partial charge in [-0.1, -0.05) is 37.0 Å². The Balaban J connectivity index is 1.82. The number of fused-ring (bicyclic) bond motifs is 1. The highest BCUT2D eigenvalue weighted by atomic mass is 35.5. The number of hydrogen-bond donors (Lipinski definition) is 0. The van der Waals surface area contributed by atoms with Crippen LogP contribution >= 0.6 is 23.2 Å². The molecule has 0 saturated carbocycles. The maximum atomic E-state index is 12.9. The molecule has 2 aliphatic rings. The molecule has 0 N–H and O–H groups in total. The number of carbonyl (C=O) groups is 3. The first-order valence-corrected chi connectivity index (χ1v) is 11.4. The highest BCUT2D eigenvalue weighted by Crippen LogP contribution is 2.31. The van der Waals surface area contributed by atoms with Crippen molar-refractivity contribution in [3.8, 4) is 0 Å². The largest absolute Gasteiger partial charge is 0.337 e. The average Bonchev–Trinajstić information content (AvgIpc) is 3.06. The van der Waals surface area contributed by atoms with Crippen LogP contribution in [0.25, 0.3) is 0 Å². The van der Waals surface area contributed by atoms with Crippen LogP contribution in [0.2, 0.25) is 10.0 Å². The molecule has 0 unspecified atom stereocenters. The number of carbonyl (C=O) groups excluding carboxylic acids is 3. The number of imide groups is 1. The van der Waals surface area contributed by atoms with Gasteiger partial charge in [0.25, 0.3) is 11.8 Å². The normalized spacial score (nSPS) is 20.8. The fraction of sp³-hybridized carbons (Fsp3) is 0.500. The third kappa shape index (κ3) is 4.04. The molecule has 1 aromatic carbocycles. The fourth-order valence-electron chi connectivity index (χ4n) is 3.52. The molecule has 0 spiro atoms. The topological polar surface area (TPSA) is 91.8 Å². The first-order chi connectivity index (χ1) is 13.0. The predicted octanol–water partition coefficient (Wildman–Crippen LogP) is 2.26. The molecule has 7 nitrogen and oxygen atoms in total. The Hall–Kier alpha value is -1.64. The van der Waals surface area contributed by atoms with Crippen LogP contribution in [0, 0.1) is 5.92 Å². The molecule has 0 aromatic heterocycles. The zero-order chi connectivity index (χ0) is 20.8. The van der Waals surface area contributed by atoms with Gasteiger partial charge in [0.1, 0.15) is 6.54 Å². The molecule has 1 atom stereocenters. The number of hydrogen-bond acceptors (Lipinski definition) is 5. The van der Waals surface area contributed by atoms with Crippen LogP contribution < -0.4 is 0 Å². The van der Waals surface area contributed by atoms with Gasteiger partial charge in [-0.15, -0.1) is 0 Å². The Labute approximate surface area is 173 Å². The van der Waals surface area contributed by atoms with E-state index in [0.717, 1.165) is 4.90 Å². The molecule has 10 heteroatoms. The van der Waals surface area contributed by atoms with Gasteiger partial charge in [0.05, 0.1) is 32.7 Å². The first kappa shape index (κ1) is 21.1. The van der Waals surface area contributed by atoms with E-state index in [-0.39, 0.29) is 38.6 Å². The quantitative estimate of drug-likeness (QED) is 0.646. The Kier molecular flexibility index (Phi) is 5.76. The number of rotatable bonds is 5. The number of halogens is 2. The highest BCUT2D eigenvalue weighted by molar-refractivity contribution is 7.91. The molecule has 1 saturated heterocycles. The van der Waals surface area contributed by atoms with E-state index in [1.165, 1.54) is 17.0 Å². The van der Waals surface area contributed by atoms with E-state index < -0.39 is 40.1 Å². The predicted molar refractivity (Wildman–Crippen MR) is 105 cm³/mol. The lowest BCUT2D eigenvalue weighted by Gasteiger charge is -2.31. The second-order valence-electron chi connectivity index (χ2n) is 7.51. The van der Waals surface area contributed by atoms with E-state index in [2.05, 4.69) is 0 Å². The van der Waals surface area contributed by atoms with E-state index in [1.807, 2.05) is 13.8 Å². The molecular weight excluding hydrogens is 427 g/mol. The summed E-state index contributed by atoms with van der Waals surface area (Å²) in [5, 5.41) is 0.291. The summed E-state index contributed by atoms with van der Waals surface area (Å²) in [7, 11) is -3.18. The summed E-state index contributed by atoms with van der Waals surface area (Å²) in [4.78, 5) is 40.5. The molecule has 28 heavy (non-hydrogen) atoms. The smallest absolute Gasteiger partial charge is 0.262 e. The van der Waals surface area contributed by atoms with Gasteiger partial charge in [0, 0.05) is 12.6 Å². The molecule has 1 aromatic rings. The Morgan fingerprint density at radius 2 is 1.71 bits per heavy atom. The second kappa shape index (κ2) is 7.65.